The van der Waals surface area contributed by atoms with E-state index in [1.165, 1.54) is 24.5 Å². The highest BCUT2D eigenvalue weighted by Gasteiger charge is 2.28. The summed E-state index contributed by atoms with van der Waals surface area (Å²) < 4.78 is 51.6. The van der Waals surface area contributed by atoms with Crippen molar-refractivity contribution >= 4 is 40.7 Å². The maximum absolute atomic E-state index is 14.8. The molecule has 0 bridgehead atoms. The molecule has 6 nitrogen and oxygen atoms in total. The average molecular weight is 511 g/mol. The van der Waals surface area contributed by atoms with Crippen LogP contribution in [-0.2, 0) is 0 Å². The number of hydrogen-bond acceptors (Lipinski definition) is 4. The number of hydrogen-bond donors (Lipinski definition) is 2. The van der Waals surface area contributed by atoms with Crippen molar-refractivity contribution in [1.82, 2.24) is 15.3 Å². The number of nitrogens with one attached hydrogen (secondary N) is 2. The summed E-state index contributed by atoms with van der Waals surface area (Å²) in [6.07, 6.45) is 4.61. The molecule has 0 unspecified atom stereocenters. The number of halogens is 6. The number of carbonyl (C=O) groups excluding carboxylic acids is 2. The number of amides is 2. The van der Waals surface area contributed by atoms with Crippen molar-refractivity contribution in [3.05, 3.63) is 75.5 Å². The van der Waals surface area contributed by atoms with Gasteiger partial charge in [0, 0.05) is 23.5 Å². The van der Waals surface area contributed by atoms with Crippen LogP contribution in [0.15, 0.2) is 42.9 Å². The Kier molecular flexibility index (Phi) is 7.39. The highest BCUT2D eigenvalue weighted by atomic mass is 35.5. The number of nitrogens with zero attached hydrogens (tertiary/aromatic N) is 2. The SMILES string of the molecule is C#Cc1cnccc1-c1cc(Cl)c(C(=O)Nc2cnc(C(=O)NCC(F)(F)F)c(Cl)c2)cc1F. The van der Waals surface area contributed by atoms with Gasteiger partial charge in [-0.15, -0.1) is 6.42 Å². The third-order valence-corrected chi connectivity index (χ3v) is 4.93. The lowest BCUT2D eigenvalue weighted by Crippen LogP contribution is -2.34. The Bertz CT molecular complexity index is 1320. The zero-order valence-corrected chi connectivity index (χ0v) is 18.3. The summed E-state index contributed by atoms with van der Waals surface area (Å²) in [6, 6.07) is 4.76. The van der Waals surface area contributed by atoms with E-state index in [-0.39, 0.29) is 26.9 Å². The molecule has 2 heterocycles. The molecule has 2 aromatic heterocycles. The first kappa shape index (κ1) is 25.0. The van der Waals surface area contributed by atoms with Gasteiger partial charge >= 0.3 is 6.18 Å². The van der Waals surface area contributed by atoms with E-state index >= 15 is 0 Å². The number of benzene rings is 1. The Labute approximate surface area is 200 Å². The molecule has 0 aliphatic heterocycles. The Balaban J connectivity index is 1.81. The summed E-state index contributed by atoms with van der Waals surface area (Å²) in [5.74, 6) is -0.359. The van der Waals surface area contributed by atoms with Crippen LogP contribution in [0.5, 0.6) is 0 Å². The summed E-state index contributed by atoms with van der Waals surface area (Å²) in [5.41, 5.74) is 0.0536. The highest BCUT2D eigenvalue weighted by molar-refractivity contribution is 6.35. The Morgan fingerprint density at radius 3 is 2.44 bits per heavy atom. The van der Waals surface area contributed by atoms with E-state index in [1.807, 2.05) is 0 Å². The van der Waals surface area contributed by atoms with E-state index in [9.17, 15) is 27.2 Å². The molecular formula is C22H12Cl2F4N4O2. The Hall–Kier alpha value is -3.68. The second-order valence-electron chi connectivity index (χ2n) is 6.68. The van der Waals surface area contributed by atoms with E-state index in [4.69, 9.17) is 29.6 Å². The minimum Gasteiger partial charge on any atom is -0.342 e. The first-order valence-electron chi connectivity index (χ1n) is 9.22. The number of anilines is 1. The molecule has 2 amide bonds. The molecule has 3 rings (SSSR count). The Morgan fingerprint density at radius 2 is 1.79 bits per heavy atom. The van der Waals surface area contributed by atoms with Gasteiger partial charge in [0.2, 0.25) is 0 Å². The van der Waals surface area contributed by atoms with Crippen molar-refractivity contribution in [2.75, 3.05) is 11.9 Å². The standard InChI is InChI=1S/C22H12Cl2F4N4O2/c1-2-11-8-29-4-3-13(11)14-6-16(23)15(7-18(14)25)20(33)32-12-5-17(24)19(30-9-12)21(34)31-10-22(26,27)28/h1,3-9H,10H2,(H,31,34)(H,32,33). The maximum Gasteiger partial charge on any atom is 0.405 e. The van der Waals surface area contributed by atoms with Crippen LogP contribution in [0, 0.1) is 18.2 Å². The van der Waals surface area contributed by atoms with Crippen molar-refractivity contribution in [2.45, 2.75) is 6.18 Å². The number of alkyl halides is 3. The lowest BCUT2D eigenvalue weighted by Gasteiger charge is -2.12. The Morgan fingerprint density at radius 1 is 1.06 bits per heavy atom. The van der Waals surface area contributed by atoms with Gasteiger partial charge in [0.15, 0.2) is 0 Å². The van der Waals surface area contributed by atoms with E-state index in [2.05, 4.69) is 21.2 Å². The fraction of sp³-hybridized carbons (Fsp3) is 0.0909. The van der Waals surface area contributed by atoms with Gasteiger partial charge in [-0.05, 0) is 24.3 Å². The smallest absolute Gasteiger partial charge is 0.342 e. The van der Waals surface area contributed by atoms with E-state index in [0.717, 1.165) is 18.3 Å². The van der Waals surface area contributed by atoms with Crippen molar-refractivity contribution in [2.24, 2.45) is 0 Å². The molecule has 0 saturated carbocycles. The summed E-state index contributed by atoms with van der Waals surface area (Å²) in [4.78, 5) is 32.0. The van der Waals surface area contributed by atoms with Crippen LogP contribution in [0.2, 0.25) is 10.0 Å². The predicted octanol–water partition coefficient (Wildman–Crippen LogP) is 5.12. The monoisotopic (exact) mass is 510 g/mol. The first-order chi connectivity index (χ1) is 16.0. The molecule has 0 spiro atoms. The molecular weight excluding hydrogens is 499 g/mol. The van der Waals surface area contributed by atoms with Crippen LogP contribution in [0.4, 0.5) is 23.2 Å². The molecule has 12 heteroatoms. The second kappa shape index (κ2) is 10.1. The van der Waals surface area contributed by atoms with Crippen LogP contribution in [0.3, 0.4) is 0 Å². The topological polar surface area (TPSA) is 84.0 Å². The van der Waals surface area contributed by atoms with Gasteiger partial charge in [-0.3, -0.25) is 14.6 Å². The average Bonchev–Trinajstić information content (AvgIpc) is 2.78. The molecule has 34 heavy (non-hydrogen) atoms. The van der Waals surface area contributed by atoms with Gasteiger partial charge in [0.1, 0.15) is 18.1 Å². The highest BCUT2D eigenvalue weighted by Crippen LogP contribution is 2.31. The van der Waals surface area contributed by atoms with Crippen LogP contribution < -0.4 is 10.6 Å². The van der Waals surface area contributed by atoms with E-state index in [0.29, 0.717) is 11.1 Å². The van der Waals surface area contributed by atoms with Gasteiger partial charge in [-0.25, -0.2) is 9.37 Å². The molecule has 174 valence electrons. The van der Waals surface area contributed by atoms with Gasteiger partial charge < -0.3 is 10.6 Å². The number of aromatic nitrogens is 2. The summed E-state index contributed by atoms with van der Waals surface area (Å²) in [6.45, 7) is -1.56. The normalized spacial score (nSPS) is 11.0. The molecule has 0 atom stereocenters. The van der Waals surface area contributed by atoms with E-state index < -0.39 is 36.0 Å². The van der Waals surface area contributed by atoms with E-state index in [1.54, 1.807) is 5.32 Å². The van der Waals surface area contributed by atoms with Gasteiger partial charge in [0.25, 0.3) is 11.8 Å². The molecule has 0 fully saturated rings. The largest absolute Gasteiger partial charge is 0.405 e. The minimum absolute atomic E-state index is 0.00771. The fourth-order valence-corrected chi connectivity index (χ4v) is 3.31. The number of rotatable bonds is 5. The summed E-state index contributed by atoms with van der Waals surface area (Å²) in [5, 5.41) is 3.61. The van der Waals surface area contributed by atoms with Crippen molar-refractivity contribution in [3.8, 4) is 23.5 Å². The van der Waals surface area contributed by atoms with Crippen LogP contribution in [0.25, 0.3) is 11.1 Å². The molecule has 0 aliphatic rings. The molecule has 0 radical (unpaired) electrons. The number of carbonyl (C=O) groups is 2. The van der Waals surface area contributed by atoms with Gasteiger partial charge in [-0.2, -0.15) is 13.2 Å². The fourth-order valence-electron chi connectivity index (χ4n) is 2.81. The van der Waals surface area contributed by atoms with Crippen LogP contribution in [0.1, 0.15) is 26.4 Å². The minimum atomic E-state index is -4.61. The maximum atomic E-state index is 14.8. The third kappa shape index (κ3) is 5.81. The van der Waals surface area contributed by atoms with Crippen molar-refractivity contribution in [3.63, 3.8) is 0 Å². The van der Waals surface area contributed by atoms with Gasteiger partial charge in [-0.1, -0.05) is 29.1 Å². The predicted molar refractivity (Wildman–Crippen MR) is 118 cm³/mol. The number of pyridine rings is 2. The van der Waals surface area contributed by atoms with Crippen LogP contribution >= 0.6 is 23.2 Å². The summed E-state index contributed by atoms with van der Waals surface area (Å²) >= 11 is 12.1. The molecule has 3 aromatic rings. The van der Waals surface area contributed by atoms with Crippen molar-refractivity contribution < 1.29 is 27.2 Å². The third-order valence-electron chi connectivity index (χ3n) is 4.33. The van der Waals surface area contributed by atoms with Crippen molar-refractivity contribution in [1.29, 1.82) is 0 Å². The summed E-state index contributed by atoms with van der Waals surface area (Å²) in [7, 11) is 0. The lowest BCUT2D eigenvalue weighted by atomic mass is 10.00. The van der Waals surface area contributed by atoms with Crippen LogP contribution in [-0.4, -0.2) is 34.5 Å². The first-order valence-corrected chi connectivity index (χ1v) is 9.97. The van der Waals surface area contributed by atoms with Gasteiger partial charge in [0.05, 0.1) is 33.1 Å². The quantitative estimate of drug-likeness (QED) is 0.368. The second-order valence-corrected chi connectivity index (χ2v) is 7.50. The molecule has 2 N–H and O–H groups in total. The molecule has 1 aromatic carbocycles. The zero-order chi connectivity index (χ0) is 25.0. The molecule has 0 saturated heterocycles. The lowest BCUT2D eigenvalue weighted by molar-refractivity contribution is -0.123. The number of terminal acetylenes is 1. The zero-order valence-electron chi connectivity index (χ0n) is 16.8. The molecule has 0 aliphatic carbocycles.